The lowest BCUT2D eigenvalue weighted by Crippen LogP contribution is -1.94. The maximum atomic E-state index is 3.94. The molecule has 30 heavy (non-hydrogen) atoms. The highest BCUT2D eigenvalue weighted by Crippen LogP contribution is 2.18. The molecule has 0 fully saturated rings. The molecule has 0 amide bonds. The smallest absolute Gasteiger partial charge is 0.0262 e. The molecule has 0 spiro atoms. The normalized spacial score (nSPS) is 13.9. The minimum atomic E-state index is 0.775. The Morgan fingerprint density at radius 1 is 0.500 bits per heavy atom. The molecule has 0 aromatic carbocycles. The first-order valence-electron chi connectivity index (χ1n) is 14.0. The standard InChI is InChI=1S/C30H58/c1-5-7-9-10-11-12-13-14-15-18-22-27-30(4)28-24-20-17-16-19-23-26-29(3)25-21-8-6-2/h24,28-30H,1-2,5-23,25-27H2,3-4H3/b28-24+. The fraction of sp³-hybridized carbons (Fsp3) is 0.867. The second-order valence-corrected chi connectivity index (χ2v) is 10.0. The van der Waals surface area contributed by atoms with Crippen molar-refractivity contribution in [3.63, 3.8) is 0 Å². The van der Waals surface area contributed by atoms with Crippen molar-refractivity contribution >= 4 is 0 Å². The topological polar surface area (TPSA) is 0 Å². The molecule has 0 rings (SSSR count). The molecule has 0 aromatic heterocycles. The molecule has 0 nitrogen and oxygen atoms in total. The van der Waals surface area contributed by atoms with Gasteiger partial charge in [0.15, 0.2) is 0 Å². The molecule has 2 atom stereocenters. The van der Waals surface area contributed by atoms with Crippen LogP contribution in [0.4, 0.5) is 0 Å². The van der Waals surface area contributed by atoms with Crippen LogP contribution in [0.15, 0.2) is 12.2 Å². The van der Waals surface area contributed by atoms with Gasteiger partial charge in [-0.25, -0.2) is 0 Å². The van der Waals surface area contributed by atoms with E-state index in [9.17, 15) is 0 Å². The van der Waals surface area contributed by atoms with Crippen LogP contribution in [-0.2, 0) is 0 Å². The average Bonchev–Trinajstić information content (AvgIpc) is 2.74. The highest BCUT2D eigenvalue weighted by atomic mass is 14.1. The van der Waals surface area contributed by atoms with Crippen LogP contribution < -0.4 is 0 Å². The van der Waals surface area contributed by atoms with E-state index in [0.29, 0.717) is 0 Å². The van der Waals surface area contributed by atoms with Gasteiger partial charge >= 0.3 is 0 Å². The fourth-order valence-corrected chi connectivity index (χ4v) is 4.40. The Bertz CT molecular complexity index is 329. The van der Waals surface area contributed by atoms with E-state index in [1.807, 2.05) is 0 Å². The third-order valence-electron chi connectivity index (χ3n) is 6.64. The van der Waals surface area contributed by atoms with E-state index >= 15 is 0 Å². The zero-order valence-electron chi connectivity index (χ0n) is 21.3. The van der Waals surface area contributed by atoms with Gasteiger partial charge in [-0.1, -0.05) is 162 Å². The molecule has 0 aromatic rings. The molecule has 2 radical (unpaired) electrons. The summed E-state index contributed by atoms with van der Waals surface area (Å²) in [7, 11) is 0. The van der Waals surface area contributed by atoms with Gasteiger partial charge in [-0.3, -0.25) is 0 Å². The summed E-state index contributed by atoms with van der Waals surface area (Å²) < 4.78 is 0. The zero-order valence-corrected chi connectivity index (χ0v) is 21.3. The Balaban J connectivity index is 3.30. The predicted molar refractivity (Wildman–Crippen MR) is 140 cm³/mol. The van der Waals surface area contributed by atoms with Crippen molar-refractivity contribution in [1.29, 1.82) is 0 Å². The third-order valence-corrected chi connectivity index (χ3v) is 6.64. The van der Waals surface area contributed by atoms with Gasteiger partial charge in [0.2, 0.25) is 0 Å². The summed E-state index contributed by atoms with van der Waals surface area (Å²) in [5.74, 6) is 1.70. The van der Waals surface area contributed by atoms with Gasteiger partial charge in [0, 0.05) is 0 Å². The first-order valence-corrected chi connectivity index (χ1v) is 14.0. The number of allylic oxidation sites excluding steroid dienone is 2. The summed E-state index contributed by atoms with van der Waals surface area (Å²) in [4.78, 5) is 0. The minimum Gasteiger partial charge on any atom is -0.0883 e. The van der Waals surface area contributed by atoms with Gasteiger partial charge in [0.25, 0.3) is 0 Å². The number of hydrogen-bond acceptors (Lipinski definition) is 0. The summed E-state index contributed by atoms with van der Waals surface area (Å²) in [6.07, 6.45) is 35.3. The lowest BCUT2D eigenvalue weighted by Gasteiger charge is -2.10. The molecule has 0 heteroatoms. The summed E-state index contributed by atoms with van der Waals surface area (Å²) in [5, 5.41) is 0. The average molecular weight is 419 g/mol. The van der Waals surface area contributed by atoms with Gasteiger partial charge in [0.05, 0.1) is 0 Å². The SMILES string of the molecule is [CH2]CCCCCCCCCCCCC(C)/C=C/CCCCCCC(C)CCCC[CH2]. The zero-order chi connectivity index (χ0) is 22.1. The van der Waals surface area contributed by atoms with Gasteiger partial charge in [0.1, 0.15) is 0 Å². The number of rotatable bonds is 24. The van der Waals surface area contributed by atoms with Crippen LogP contribution in [0.1, 0.15) is 155 Å². The predicted octanol–water partition coefficient (Wildman–Crippen LogP) is 11.1. The van der Waals surface area contributed by atoms with Crippen molar-refractivity contribution in [1.82, 2.24) is 0 Å². The largest absolute Gasteiger partial charge is 0.0883 e. The van der Waals surface area contributed by atoms with Crippen LogP contribution in [0.5, 0.6) is 0 Å². The van der Waals surface area contributed by atoms with Crippen molar-refractivity contribution in [2.75, 3.05) is 0 Å². The van der Waals surface area contributed by atoms with Crippen LogP contribution in [0.25, 0.3) is 0 Å². The summed E-state index contributed by atoms with van der Waals surface area (Å²) in [6.45, 7) is 12.7. The Morgan fingerprint density at radius 3 is 1.47 bits per heavy atom. The van der Waals surface area contributed by atoms with E-state index in [1.54, 1.807) is 0 Å². The number of hydrogen-bond donors (Lipinski definition) is 0. The molecule has 0 aliphatic carbocycles. The number of unbranched alkanes of at least 4 members (excludes halogenated alkanes) is 16. The molecule has 0 heterocycles. The van der Waals surface area contributed by atoms with E-state index in [1.165, 1.54) is 128 Å². The molecule has 0 saturated carbocycles. The van der Waals surface area contributed by atoms with E-state index in [0.717, 1.165) is 24.7 Å². The highest BCUT2D eigenvalue weighted by molar-refractivity contribution is 4.86. The second kappa shape index (κ2) is 25.0. The monoisotopic (exact) mass is 418 g/mol. The van der Waals surface area contributed by atoms with Crippen LogP contribution in [0, 0.1) is 25.7 Å². The first-order chi connectivity index (χ1) is 14.7. The van der Waals surface area contributed by atoms with Crippen LogP contribution in [0.3, 0.4) is 0 Å². The van der Waals surface area contributed by atoms with Crippen molar-refractivity contribution in [2.45, 2.75) is 155 Å². The van der Waals surface area contributed by atoms with Crippen LogP contribution in [0.2, 0.25) is 0 Å². The molecule has 0 aliphatic heterocycles. The molecule has 0 N–H and O–H groups in total. The molecular formula is C30H58. The summed E-state index contributed by atoms with van der Waals surface area (Å²) >= 11 is 0. The van der Waals surface area contributed by atoms with E-state index < -0.39 is 0 Å². The van der Waals surface area contributed by atoms with Crippen LogP contribution >= 0.6 is 0 Å². The molecule has 0 aliphatic rings. The van der Waals surface area contributed by atoms with Gasteiger partial charge in [-0.05, 0) is 31.1 Å². The molecule has 0 bridgehead atoms. The molecule has 2 unspecified atom stereocenters. The third kappa shape index (κ3) is 24.0. The van der Waals surface area contributed by atoms with E-state index in [-0.39, 0.29) is 0 Å². The van der Waals surface area contributed by atoms with Crippen molar-refractivity contribution in [2.24, 2.45) is 11.8 Å². The minimum absolute atomic E-state index is 0.775. The van der Waals surface area contributed by atoms with Gasteiger partial charge in [-0.15, -0.1) is 0 Å². The van der Waals surface area contributed by atoms with Gasteiger partial charge in [-0.2, -0.15) is 0 Å². The Labute approximate surface area is 193 Å². The lowest BCUT2D eigenvalue weighted by molar-refractivity contribution is 0.440. The molecular weight excluding hydrogens is 360 g/mol. The quantitative estimate of drug-likeness (QED) is 0.108. The van der Waals surface area contributed by atoms with Crippen molar-refractivity contribution in [3.05, 3.63) is 26.0 Å². The molecule has 178 valence electrons. The Kier molecular flexibility index (Phi) is 24.8. The Morgan fingerprint density at radius 2 is 0.900 bits per heavy atom. The molecule has 0 saturated heterocycles. The first kappa shape index (κ1) is 29.7. The second-order valence-electron chi connectivity index (χ2n) is 10.0. The van der Waals surface area contributed by atoms with Crippen molar-refractivity contribution < 1.29 is 0 Å². The summed E-state index contributed by atoms with van der Waals surface area (Å²) in [5.41, 5.74) is 0. The van der Waals surface area contributed by atoms with E-state index in [2.05, 4.69) is 39.8 Å². The van der Waals surface area contributed by atoms with Gasteiger partial charge < -0.3 is 0 Å². The summed E-state index contributed by atoms with van der Waals surface area (Å²) in [6, 6.07) is 0. The Hall–Kier alpha value is -0.260. The van der Waals surface area contributed by atoms with Crippen molar-refractivity contribution in [3.8, 4) is 0 Å². The van der Waals surface area contributed by atoms with E-state index in [4.69, 9.17) is 0 Å². The lowest BCUT2D eigenvalue weighted by atomic mass is 9.96. The maximum Gasteiger partial charge on any atom is -0.0262 e. The maximum absolute atomic E-state index is 3.94. The fourth-order valence-electron chi connectivity index (χ4n) is 4.40. The highest BCUT2D eigenvalue weighted by Gasteiger charge is 2.01. The van der Waals surface area contributed by atoms with Crippen LogP contribution in [-0.4, -0.2) is 0 Å².